The fourth-order valence-electron chi connectivity index (χ4n) is 3.69. The minimum Gasteiger partial charge on any atom is -0.479 e. The lowest BCUT2D eigenvalue weighted by molar-refractivity contribution is -0.140. The number of carbonyl (C=O) groups is 2. The standard InChI is InChI=1S/C21H29N5O3/c1-13(29-14-7-5-10-24-11-14)18(27)26-12-15(16(22)20(26,2)3)17(23)25-19(28)21(4)8-6-9-21/h5,7,10-11,13H,6,8-9,12,22H2,1-4H3,(H2,23,25,28). The average Bonchev–Trinajstić information content (AvgIpc) is 2.89. The molecule has 2 aliphatic rings. The number of rotatable bonds is 5. The topological polar surface area (TPSA) is 121 Å². The third-order valence-electron chi connectivity index (χ3n) is 6.08. The number of nitrogens with zero attached hydrogens (tertiary/aromatic N) is 2. The van der Waals surface area contributed by atoms with Gasteiger partial charge >= 0.3 is 0 Å². The molecule has 0 radical (unpaired) electrons. The Balaban J connectivity index is 1.70. The molecule has 8 heteroatoms. The first-order chi connectivity index (χ1) is 13.6. The molecular weight excluding hydrogens is 370 g/mol. The summed E-state index contributed by atoms with van der Waals surface area (Å²) < 4.78 is 5.71. The molecule has 1 aromatic heterocycles. The van der Waals surface area contributed by atoms with Gasteiger partial charge in [0.25, 0.3) is 5.91 Å². The van der Waals surface area contributed by atoms with Gasteiger partial charge in [-0.15, -0.1) is 0 Å². The summed E-state index contributed by atoms with van der Waals surface area (Å²) in [6.07, 6.45) is 5.09. The largest absolute Gasteiger partial charge is 0.479 e. The fraction of sp³-hybridized carbons (Fsp3) is 0.524. The number of hydrogen-bond acceptors (Lipinski definition) is 6. The smallest absolute Gasteiger partial charge is 0.264 e. The van der Waals surface area contributed by atoms with Crippen LogP contribution < -0.4 is 15.8 Å². The molecule has 0 aromatic carbocycles. The molecule has 3 rings (SSSR count). The third kappa shape index (κ3) is 3.83. The zero-order valence-corrected chi connectivity index (χ0v) is 17.4. The van der Waals surface area contributed by atoms with Crippen LogP contribution in [0.1, 0.15) is 47.0 Å². The lowest BCUT2D eigenvalue weighted by Crippen LogP contribution is -2.51. The van der Waals surface area contributed by atoms with Crippen molar-refractivity contribution in [3.05, 3.63) is 35.8 Å². The summed E-state index contributed by atoms with van der Waals surface area (Å²) in [7, 11) is 0. The molecule has 1 aromatic rings. The summed E-state index contributed by atoms with van der Waals surface area (Å²) in [6.45, 7) is 7.37. The molecular formula is C21H29N5O3. The highest BCUT2D eigenvalue weighted by molar-refractivity contribution is 6.09. The minimum absolute atomic E-state index is 0.0372. The number of nitrogens with two attached hydrogens (primary N) is 1. The first-order valence-electron chi connectivity index (χ1n) is 9.84. The van der Waals surface area contributed by atoms with Gasteiger partial charge in [0.1, 0.15) is 11.6 Å². The number of pyridine rings is 1. The Morgan fingerprint density at radius 2 is 2.03 bits per heavy atom. The summed E-state index contributed by atoms with van der Waals surface area (Å²) in [5.74, 6) is 0.0527. The Kier molecular flexibility index (Phi) is 5.38. The number of hydrogen-bond donors (Lipinski definition) is 3. The number of amides is 2. The molecule has 0 bridgehead atoms. The maximum Gasteiger partial charge on any atom is 0.264 e. The molecule has 1 saturated carbocycles. The molecule has 1 aliphatic heterocycles. The first kappa shape index (κ1) is 20.8. The van der Waals surface area contributed by atoms with Gasteiger partial charge in [-0.3, -0.25) is 20.0 Å². The van der Waals surface area contributed by atoms with Crippen molar-refractivity contribution in [2.75, 3.05) is 6.54 Å². The predicted octanol–water partition coefficient (Wildman–Crippen LogP) is 1.97. The van der Waals surface area contributed by atoms with Crippen LogP contribution in [0.25, 0.3) is 0 Å². The molecule has 1 unspecified atom stereocenters. The molecule has 2 heterocycles. The highest BCUT2D eigenvalue weighted by Crippen LogP contribution is 2.40. The molecule has 1 aliphatic carbocycles. The van der Waals surface area contributed by atoms with Crippen LogP contribution in [0.3, 0.4) is 0 Å². The molecule has 2 amide bonds. The van der Waals surface area contributed by atoms with E-state index in [2.05, 4.69) is 10.3 Å². The zero-order valence-electron chi connectivity index (χ0n) is 17.4. The van der Waals surface area contributed by atoms with Crippen LogP contribution in [0, 0.1) is 10.8 Å². The molecule has 29 heavy (non-hydrogen) atoms. The first-order valence-corrected chi connectivity index (χ1v) is 9.84. The van der Waals surface area contributed by atoms with E-state index in [-0.39, 0.29) is 24.2 Å². The summed E-state index contributed by atoms with van der Waals surface area (Å²) in [5, 5.41) is 11.1. The van der Waals surface area contributed by atoms with Crippen molar-refractivity contribution in [1.29, 1.82) is 5.41 Å². The van der Waals surface area contributed by atoms with Crippen LogP contribution in [0.5, 0.6) is 5.75 Å². The van der Waals surface area contributed by atoms with Crippen molar-refractivity contribution in [2.24, 2.45) is 11.1 Å². The van der Waals surface area contributed by atoms with Crippen LogP contribution in [0.2, 0.25) is 0 Å². The lowest BCUT2D eigenvalue weighted by Gasteiger charge is -2.36. The maximum absolute atomic E-state index is 13.1. The zero-order chi connectivity index (χ0) is 21.4. The highest BCUT2D eigenvalue weighted by Gasteiger charge is 2.45. The van der Waals surface area contributed by atoms with Gasteiger partial charge in [0.2, 0.25) is 5.91 Å². The van der Waals surface area contributed by atoms with Crippen LogP contribution >= 0.6 is 0 Å². The number of aromatic nitrogens is 1. The van der Waals surface area contributed by atoms with E-state index in [4.69, 9.17) is 15.9 Å². The van der Waals surface area contributed by atoms with Crippen molar-refractivity contribution in [3.63, 3.8) is 0 Å². The van der Waals surface area contributed by atoms with Gasteiger partial charge in [-0.1, -0.05) is 13.3 Å². The van der Waals surface area contributed by atoms with Gasteiger partial charge < -0.3 is 20.7 Å². The van der Waals surface area contributed by atoms with Gasteiger partial charge in [-0.25, -0.2) is 0 Å². The Bertz CT molecular complexity index is 858. The van der Waals surface area contributed by atoms with Crippen molar-refractivity contribution >= 4 is 17.6 Å². The van der Waals surface area contributed by atoms with Gasteiger partial charge in [0, 0.05) is 22.9 Å². The Morgan fingerprint density at radius 3 is 2.59 bits per heavy atom. The van der Waals surface area contributed by atoms with E-state index < -0.39 is 17.1 Å². The number of nitrogens with one attached hydrogen (secondary N) is 2. The Labute approximate surface area is 171 Å². The molecule has 8 nitrogen and oxygen atoms in total. The van der Waals surface area contributed by atoms with E-state index in [9.17, 15) is 9.59 Å². The third-order valence-corrected chi connectivity index (χ3v) is 6.08. The fourth-order valence-corrected chi connectivity index (χ4v) is 3.69. The van der Waals surface area contributed by atoms with Crippen LogP contribution in [-0.4, -0.2) is 45.7 Å². The van der Waals surface area contributed by atoms with E-state index in [0.717, 1.165) is 19.3 Å². The molecule has 0 saturated heterocycles. The van der Waals surface area contributed by atoms with Gasteiger partial charge in [-0.05, 0) is 45.7 Å². The van der Waals surface area contributed by atoms with Crippen LogP contribution in [0.4, 0.5) is 0 Å². The SMILES string of the molecule is CC(Oc1cccnc1)C(=O)N1CC(C(=N)NC(=O)C2(C)CCC2)=C(N)C1(C)C. The highest BCUT2D eigenvalue weighted by atomic mass is 16.5. The van der Waals surface area contributed by atoms with Crippen LogP contribution in [0.15, 0.2) is 35.8 Å². The van der Waals surface area contributed by atoms with E-state index >= 15 is 0 Å². The molecule has 1 atom stereocenters. The number of ether oxygens (including phenoxy) is 1. The van der Waals surface area contributed by atoms with E-state index in [1.165, 1.54) is 0 Å². The van der Waals surface area contributed by atoms with Crippen molar-refractivity contribution in [3.8, 4) is 5.75 Å². The lowest BCUT2D eigenvalue weighted by atomic mass is 9.70. The molecule has 4 N–H and O–H groups in total. The Hall–Kier alpha value is -2.90. The monoisotopic (exact) mass is 399 g/mol. The minimum atomic E-state index is -0.795. The van der Waals surface area contributed by atoms with Crippen molar-refractivity contribution in [1.82, 2.24) is 15.2 Å². The molecule has 156 valence electrons. The van der Waals surface area contributed by atoms with Gasteiger partial charge in [-0.2, -0.15) is 0 Å². The van der Waals surface area contributed by atoms with Gasteiger partial charge in [0.05, 0.1) is 18.3 Å². The summed E-state index contributed by atoms with van der Waals surface area (Å²) >= 11 is 0. The second-order valence-electron chi connectivity index (χ2n) is 8.57. The molecule has 1 fully saturated rings. The normalized spacial score (nSPS) is 20.6. The van der Waals surface area contributed by atoms with Crippen LogP contribution in [-0.2, 0) is 9.59 Å². The second-order valence-corrected chi connectivity index (χ2v) is 8.57. The van der Waals surface area contributed by atoms with Crippen molar-refractivity contribution in [2.45, 2.75) is 58.6 Å². The second kappa shape index (κ2) is 7.50. The maximum atomic E-state index is 13.1. The number of amidine groups is 1. The van der Waals surface area contributed by atoms with E-state index in [1.807, 2.05) is 20.8 Å². The predicted molar refractivity (Wildman–Crippen MR) is 109 cm³/mol. The van der Waals surface area contributed by atoms with E-state index in [1.54, 1.807) is 36.4 Å². The molecule has 0 spiro atoms. The van der Waals surface area contributed by atoms with Crippen molar-refractivity contribution < 1.29 is 14.3 Å². The summed E-state index contributed by atoms with van der Waals surface area (Å²) in [6, 6.07) is 3.47. The average molecular weight is 399 g/mol. The summed E-state index contributed by atoms with van der Waals surface area (Å²) in [5.41, 5.74) is 5.97. The number of carbonyl (C=O) groups excluding carboxylic acids is 2. The van der Waals surface area contributed by atoms with Gasteiger partial charge in [0.15, 0.2) is 6.10 Å². The quantitative estimate of drug-likeness (QED) is 0.516. The summed E-state index contributed by atoms with van der Waals surface area (Å²) in [4.78, 5) is 31.1. The van der Waals surface area contributed by atoms with E-state index in [0.29, 0.717) is 17.0 Å². The Morgan fingerprint density at radius 1 is 1.34 bits per heavy atom.